The highest BCUT2D eigenvalue weighted by atomic mass is 79.9. The van der Waals surface area contributed by atoms with Crippen LogP contribution in [0.3, 0.4) is 0 Å². The van der Waals surface area contributed by atoms with Crippen molar-refractivity contribution < 1.29 is 23.9 Å². The molecule has 0 bridgehead atoms. The maximum Gasteiger partial charge on any atom is 0.408 e. The first-order valence-electron chi connectivity index (χ1n) is 9.70. The molecular formula is C22H24BrN3O5. The number of carbonyl (C=O) groups excluding carboxylic acids is 2. The second-order valence-electron chi connectivity index (χ2n) is 6.83. The lowest BCUT2D eigenvalue weighted by Crippen LogP contribution is -2.49. The Morgan fingerprint density at radius 3 is 2.65 bits per heavy atom. The minimum Gasteiger partial charge on any atom is -0.497 e. The number of amides is 2. The molecule has 3 N–H and O–H groups in total. The lowest BCUT2D eigenvalue weighted by atomic mass is 10.0. The number of carbonyl (C=O) groups is 2. The minimum atomic E-state index is -0.836. The van der Waals surface area contributed by atoms with Gasteiger partial charge in [-0.05, 0) is 45.3 Å². The highest BCUT2D eigenvalue weighted by Gasteiger charge is 2.24. The maximum atomic E-state index is 12.8. The van der Waals surface area contributed by atoms with Crippen molar-refractivity contribution in [2.75, 3.05) is 13.7 Å². The van der Waals surface area contributed by atoms with E-state index in [0.717, 1.165) is 11.1 Å². The van der Waals surface area contributed by atoms with Crippen molar-refractivity contribution in [3.63, 3.8) is 0 Å². The predicted octanol–water partition coefficient (Wildman–Crippen LogP) is 2.79. The second kappa shape index (κ2) is 11.4. The van der Waals surface area contributed by atoms with E-state index in [-0.39, 0.29) is 31.6 Å². The molecule has 0 aromatic heterocycles. The van der Waals surface area contributed by atoms with Crippen LogP contribution in [-0.4, -0.2) is 37.8 Å². The summed E-state index contributed by atoms with van der Waals surface area (Å²) in [6, 6.07) is 15.8. The molecule has 0 saturated heterocycles. The number of nitrogens with one attached hydrogen (secondary N) is 3. The Labute approximate surface area is 189 Å². The van der Waals surface area contributed by atoms with Crippen molar-refractivity contribution in [3.8, 4) is 5.75 Å². The Morgan fingerprint density at radius 2 is 1.94 bits per heavy atom. The van der Waals surface area contributed by atoms with E-state index in [4.69, 9.17) is 14.3 Å². The van der Waals surface area contributed by atoms with E-state index in [1.165, 1.54) is 0 Å². The Kier molecular flexibility index (Phi) is 8.31. The second-order valence-corrected chi connectivity index (χ2v) is 7.69. The molecule has 164 valence electrons. The number of hydrogen-bond donors (Lipinski definition) is 3. The van der Waals surface area contributed by atoms with Crippen LogP contribution in [0.25, 0.3) is 0 Å². The molecule has 0 saturated carbocycles. The minimum absolute atomic E-state index is 0.112. The molecule has 8 nitrogen and oxygen atoms in total. The number of hydroxylamine groups is 1. The number of ether oxygens (including phenoxy) is 2. The van der Waals surface area contributed by atoms with Crippen LogP contribution < -0.4 is 20.9 Å². The van der Waals surface area contributed by atoms with Crippen LogP contribution in [0.4, 0.5) is 4.79 Å². The Balaban J connectivity index is 1.62. The van der Waals surface area contributed by atoms with Gasteiger partial charge in [-0.1, -0.05) is 42.5 Å². The van der Waals surface area contributed by atoms with Gasteiger partial charge in [0.2, 0.25) is 5.91 Å². The van der Waals surface area contributed by atoms with Gasteiger partial charge < -0.3 is 20.1 Å². The molecule has 1 aliphatic heterocycles. The zero-order valence-corrected chi connectivity index (χ0v) is 18.6. The van der Waals surface area contributed by atoms with Gasteiger partial charge in [-0.15, -0.1) is 0 Å². The van der Waals surface area contributed by atoms with Crippen LogP contribution in [0.15, 0.2) is 65.3 Å². The highest BCUT2D eigenvalue weighted by molar-refractivity contribution is 9.11. The monoisotopic (exact) mass is 489 g/mol. The summed E-state index contributed by atoms with van der Waals surface area (Å²) in [6.07, 6.45) is 1.07. The van der Waals surface area contributed by atoms with E-state index in [9.17, 15) is 9.59 Å². The van der Waals surface area contributed by atoms with Gasteiger partial charge in [-0.2, -0.15) is 0 Å². The third-order valence-corrected chi connectivity index (χ3v) is 4.94. The van der Waals surface area contributed by atoms with Crippen molar-refractivity contribution in [2.45, 2.75) is 25.2 Å². The molecule has 0 fully saturated rings. The molecule has 9 heteroatoms. The first kappa shape index (κ1) is 22.6. The summed E-state index contributed by atoms with van der Waals surface area (Å²) < 4.78 is 11.2. The fourth-order valence-corrected chi connectivity index (χ4v) is 3.33. The van der Waals surface area contributed by atoms with Gasteiger partial charge >= 0.3 is 6.09 Å². The zero-order chi connectivity index (χ0) is 22.1. The van der Waals surface area contributed by atoms with Crippen molar-refractivity contribution in [1.29, 1.82) is 0 Å². The fraction of sp³-hybridized carbons (Fsp3) is 0.273. The third-order valence-electron chi connectivity index (χ3n) is 4.51. The lowest BCUT2D eigenvalue weighted by Gasteiger charge is -2.19. The first-order chi connectivity index (χ1) is 15.0. The largest absolute Gasteiger partial charge is 0.497 e. The van der Waals surface area contributed by atoms with Crippen molar-refractivity contribution in [2.24, 2.45) is 0 Å². The lowest BCUT2D eigenvalue weighted by molar-refractivity contribution is -0.123. The normalized spacial score (nSPS) is 15.9. The van der Waals surface area contributed by atoms with Gasteiger partial charge in [0.1, 0.15) is 29.1 Å². The topological polar surface area (TPSA) is 97.9 Å². The quantitative estimate of drug-likeness (QED) is 0.468. The summed E-state index contributed by atoms with van der Waals surface area (Å²) in [5.74, 6) is 0.322. The van der Waals surface area contributed by atoms with Crippen LogP contribution in [0, 0.1) is 0 Å². The van der Waals surface area contributed by atoms with Gasteiger partial charge in [0, 0.05) is 6.42 Å². The molecule has 31 heavy (non-hydrogen) atoms. The number of rotatable bonds is 9. The van der Waals surface area contributed by atoms with Crippen LogP contribution in [0.1, 0.15) is 11.1 Å². The molecular weight excluding hydrogens is 466 g/mol. The van der Waals surface area contributed by atoms with Gasteiger partial charge in [-0.25, -0.2) is 4.79 Å². The van der Waals surface area contributed by atoms with Gasteiger partial charge in [0.25, 0.3) is 0 Å². The van der Waals surface area contributed by atoms with Gasteiger partial charge in [-0.3, -0.25) is 15.1 Å². The molecule has 2 aromatic carbocycles. The van der Waals surface area contributed by atoms with Crippen molar-refractivity contribution in [1.82, 2.24) is 16.1 Å². The molecule has 2 atom stereocenters. The van der Waals surface area contributed by atoms with Gasteiger partial charge in [0.15, 0.2) is 0 Å². The molecule has 0 spiro atoms. The molecule has 0 radical (unpaired) electrons. The SMILES string of the molecule is COc1cccc(C[C@H](NC(=O)OCc2ccccc2)C(=O)NCC2C=C(Br)NO2)c1. The zero-order valence-electron chi connectivity index (χ0n) is 17.0. The summed E-state index contributed by atoms with van der Waals surface area (Å²) >= 11 is 3.27. The van der Waals surface area contributed by atoms with Crippen molar-refractivity contribution >= 4 is 27.9 Å². The molecule has 3 rings (SSSR count). The molecule has 2 amide bonds. The Morgan fingerprint density at radius 1 is 1.16 bits per heavy atom. The summed E-state index contributed by atoms with van der Waals surface area (Å²) in [4.78, 5) is 30.5. The van der Waals surface area contributed by atoms with E-state index in [0.29, 0.717) is 10.4 Å². The molecule has 0 aliphatic carbocycles. The average Bonchev–Trinajstić information content (AvgIpc) is 3.21. The van der Waals surface area contributed by atoms with Crippen molar-refractivity contribution in [3.05, 3.63) is 76.4 Å². The van der Waals surface area contributed by atoms with E-state index in [2.05, 4.69) is 32.0 Å². The maximum absolute atomic E-state index is 12.8. The smallest absolute Gasteiger partial charge is 0.408 e. The van der Waals surface area contributed by atoms with E-state index in [1.54, 1.807) is 13.2 Å². The molecule has 1 aliphatic rings. The van der Waals surface area contributed by atoms with Crippen LogP contribution in [0.5, 0.6) is 5.75 Å². The fourth-order valence-electron chi connectivity index (χ4n) is 2.94. The summed E-state index contributed by atoms with van der Waals surface area (Å²) in [5, 5.41) is 5.46. The molecule has 1 heterocycles. The number of methoxy groups -OCH3 is 1. The highest BCUT2D eigenvalue weighted by Crippen LogP contribution is 2.15. The Hall–Kier alpha value is -3.04. The van der Waals surface area contributed by atoms with Gasteiger partial charge in [0.05, 0.1) is 13.7 Å². The number of benzene rings is 2. The van der Waals surface area contributed by atoms with Crippen LogP contribution in [0.2, 0.25) is 0 Å². The number of halogens is 1. The van der Waals surface area contributed by atoms with Crippen LogP contribution in [-0.2, 0) is 27.4 Å². The van der Waals surface area contributed by atoms with E-state index < -0.39 is 12.1 Å². The first-order valence-corrected chi connectivity index (χ1v) is 10.5. The number of alkyl carbamates (subject to hydrolysis) is 1. The third kappa shape index (κ3) is 7.30. The average molecular weight is 490 g/mol. The molecule has 2 aromatic rings. The predicted molar refractivity (Wildman–Crippen MR) is 118 cm³/mol. The van der Waals surface area contributed by atoms with E-state index >= 15 is 0 Å². The van der Waals surface area contributed by atoms with Crippen LogP contribution >= 0.6 is 15.9 Å². The Bertz CT molecular complexity index is 922. The summed E-state index contributed by atoms with van der Waals surface area (Å²) in [6.45, 7) is 0.358. The summed E-state index contributed by atoms with van der Waals surface area (Å²) in [7, 11) is 1.57. The number of hydrogen-bond acceptors (Lipinski definition) is 6. The molecule has 1 unspecified atom stereocenters. The summed E-state index contributed by atoms with van der Waals surface area (Å²) in [5.41, 5.74) is 4.36. The van der Waals surface area contributed by atoms with E-state index in [1.807, 2.05) is 54.6 Å². The standard InChI is InChI=1S/C22H24BrN3O5/c1-29-17-9-5-8-16(10-17)11-19(21(27)24-13-18-12-20(23)26-31-18)25-22(28)30-14-15-6-3-2-4-7-15/h2-10,12,18-19,26H,11,13-14H2,1H3,(H,24,27)(H,25,28)/t18?,19-/m0/s1.